The Hall–Kier alpha value is -0.220. The lowest BCUT2D eigenvalue weighted by molar-refractivity contribution is -0.124. The largest absolute Gasteiger partial charge is 0.322 e. The SMILES string of the molecule is CSCC(=O)N(C)C(=O)Cl. The van der Waals surface area contributed by atoms with E-state index in [1.165, 1.54) is 18.8 Å². The molecule has 0 radical (unpaired) electrons. The van der Waals surface area contributed by atoms with Crippen molar-refractivity contribution in [2.45, 2.75) is 0 Å². The summed E-state index contributed by atoms with van der Waals surface area (Å²) in [4.78, 5) is 22.0. The van der Waals surface area contributed by atoms with Crippen molar-refractivity contribution in [1.82, 2.24) is 4.90 Å². The van der Waals surface area contributed by atoms with E-state index < -0.39 is 5.37 Å². The van der Waals surface area contributed by atoms with Gasteiger partial charge in [0.15, 0.2) is 0 Å². The minimum Gasteiger partial charge on any atom is -0.273 e. The van der Waals surface area contributed by atoms with Crippen LogP contribution >= 0.6 is 23.4 Å². The molecule has 0 saturated heterocycles. The Bertz CT molecular complexity index is 151. The maximum absolute atomic E-state index is 10.8. The molecule has 0 aromatic heterocycles. The van der Waals surface area contributed by atoms with Gasteiger partial charge >= 0.3 is 5.37 Å². The van der Waals surface area contributed by atoms with Gasteiger partial charge in [-0.2, -0.15) is 11.8 Å². The first-order valence-corrected chi connectivity index (χ1v) is 4.31. The highest BCUT2D eigenvalue weighted by Crippen LogP contribution is 1.98. The summed E-state index contributed by atoms with van der Waals surface area (Å²) in [6.45, 7) is 0. The molecule has 0 aliphatic carbocycles. The number of hydrogen-bond donors (Lipinski definition) is 0. The maximum atomic E-state index is 10.8. The predicted octanol–water partition coefficient (Wildman–Crippen LogP) is 1.17. The first-order valence-electron chi connectivity index (χ1n) is 2.54. The lowest BCUT2D eigenvalue weighted by Gasteiger charge is -2.08. The molecule has 0 unspecified atom stereocenters. The Morgan fingerprint density at radius 2 is 2.10 bits per heavy atom. The highest BCUT2D eigenvalue weighted by atomic mass is 35.5. The van der Waals surface area contributed by atoms with Gasteiger partial charge in [0.05, 0.1) is 5.75 Å². The number of amides is 2. The molecule has 0 N–H and O–H groups in total. The van der Waals surface area contributed by atoms with Crippen LogP contribution in [0.2, 0.25) is 0 Å². The molecule has 58 valence electrons. The van der Waals surface area contributed by atoms with E-state index in [2.05, 4.69) is 0 Å². The molecule has 0 atom stereocenters. The molecule has 2 amide bonds. The highest BCUT2D eigenvalue weighted by molar-refractivity contribution is 7.99. The minimum absolute atomic E-state index is 0.271. The third kappa shape index (κ3) is 3.08. The average molecular weight is 182 g/mol. The van der Waals surface area contributed by atoms with Crippen molar-refractivity contribution >= 4 is 34.6 Å². The Morgan fingerprint density at radius 3 is 2.40 bits per heavy atom. The summed E-state index contributed by atoms with van der Waals surface area (Å²) >= 11 is 6.37. The van der Waals surface area contributed by atoms with E-state index >= 15 is 0 Å². The quantitative estimate of drug-likeness (QED) is 0.474. The summed E-state index contributed by atoms with van der Waals surface area (Å²) in [5.41, 5.74) is 0. The third-order valence-corrected chi connectivity index (χ3v) is 1.69. The average Bonchev–Trinajstić information content (AvgIpc) is 1.87. The standard InChI is InChI=1S/C5H8ClNO2S/c1-7(5(6)9)4(8)3-10-2/h3H2,1-2H3. The Morgan fingerprint density at radius 1 is 1.60 bits per heavy atom. The smallest absolute Gasteiger partial charge is 0.273 e. The normalized spacial score (nSPS) is 9.10. The zero-order valence-corrected chi connectivity index (χ0v) is 7.33. The van der Waals surface area contributed by atoms with E-state index in [9.17, 15) is 9.59 Å². The van der Waals surface area contributed by atoms with Crippen molar-refractivity contribution in [3.8, 4) is 0 Å². The fourth-order valence-corrected chi connectivity index (χ4v) is 0.853. The van der Waals surface area contributed by atoms with Gasteiger partial charge in [0.2, 0.25) is 5.91 Å². The number of halogens is 1. The topological polar surface area (TPSA) is 37.4 Å². The molecule has 0 bridgehead atoms. The number of nitrogens with zero attached hydrogens (tertiary/aromatic N) is 1. The monoisotopic (exact) mass is 181 g/mol. The lowest BCUT2D eigenvalue weighted by Crippen LogP contribution is -2.30. The predicted molar refractivity (Wildman–Crippen MR) is 42.4 cm³/mol. The van der Waals surface area contributed by atoms with Crippen LogP contribution in [0.15, 0.2) is 0 Å². The fraction of sp³-hybridized carbons (Fsp3) is 0.600. The van der Waals surface area contributed by atoms with Gasteiger partial charge in [-0.3, -0.25) is 14.5 Å². The van der Waals surface area contributed by atoms with E-state index in [0.717, 1.165) is 4.90 Å². The molecule has 10 heavy (non-hydrogen) atoms. The van der Waals surface area contributed by atoms with E-state index in [1.807, 2.05) is 0 Å². The van der Waals surface area contributed by atoms with Gasteiger partial charge in [0, 0.05) is 7.05 Å². The van der Waals surface area contributed by atoms with Crippen LogP contribution in [-0.4, -0.2) is 35.2 Å². The van der Waals surface area contributed by atoms with Crippen LogP contribution in [0.5, 0.6) is 0 Å². The first-order chi connectivity index (χ1) is 4.59. The highest BCUT2D eigenvalue weighted by Gasteiger charge is 2.12. The zero-order chi connectivity index (χ0) is 8.15. The summed E-state index contributed by atoms with van der Waals surface area (Å²) in [7, 11) is 1.36. The minimum atomic E-state index is -0.737. The summed E-state index contributed by atoms with van der Waals surface area (Å²) in [5.74, 6) is 0.0158. The fourth-order valence-electron chi connectivity index (χ4n) is 0.318. The summed E-state index contributed by atoms with van der Waals surface area (Å²) < 4.78 is 0. The second kappa shape index (κ2) is 4.57. The molecular formula is C5H8ClNO2S. The van der Waals surface area contributed by atoms with E-state index in [-0.39, 0.29) is 11.7 Å². The lowest BCUT2D eigenvalue weighted by atomic mass is 10.6. The molecule has 0 spiro atoms. The van der Waals surface area contributed by atoms with Crippen molar-refractivity contribution < 1.29 is 9.59 Å². The van der Waals surface area contributed by atoms with Crippen LogP contribution in [0.1, 0.15) is 0 Å². The molecule has 0 heterocycles. The van der Waals surface area contributed by atoms with Crippen molar-refractivity contribution in [3.05, 3.63) is 0 Å². The third-order valence-electron chi connectivity index (χ3n) is 0.906. The van der Waals surface area contributed by atoms with Crippen LogP contribution in [0.25, 0.3) is 0 Å². The summed E-state index contributed by atoms with van der Waals surface area (Å²) in [5, 5.41) is -0.737. The molecule has 0 aromatic carbocycles. The van der Waals surface area contributed by atoms with Gasteiger partial charge in [-0.15, -0.1) is 0 Å². The molecule has 0 saturated carbocycles. The van der Waals surface area contributed by atoms with Gasteiger partial charge in [0.1, 0.15) is 0 Å². The summed E-state index contributed by atoms with van der Waals surface area (Å²) in [6.07, 6.45) is 1.78. The van der Waals surface area contributed by atoms with Gasteiger partial charge < -0.3 is 0 Å². The van der Waals surface area contributed by atoms with Gasteiger partial charge in [-0.25, -0.2) is 0 Å². The zero-order valence-electron chi connectivity index (χ0n) is 5.76. The number of thioether (sulfide) groups is 1. The van der Waals surface area contributed by atoms with Crippen molar-refractivity contribution in [2.24, 2.45) is 0 Å². The van der Waals surface area contributed by atoms with Crippen molar-refractivity contribution in [3.63, 3.8) is 0 Å². The van der Waals surface area contributed by atoms with E-state index in [1.54, 1.807) is 6.26 Å². The van der Waals surface area contributed by atoms with Crippen LogP contribution in [0.4, 0.5) is 4.79 Å². The van der Waals surface area contributed by atoms with E-state index in [0.29, 0.717) is 0 Å². The second-order valence-corrected chi connectivity index (χ2v) is 2.83. The Balaban J connectivity index is 3.82. The van der Waals surface area contributed by atoms with Crippen LogP contribution in [0, 0.1) is 0 Å². The maximum Gasteiger partial charge on any atom is 0.322 e. The molecular weight excluding hydrogens is 174 g/mol. The number of carbonyl (C=O) groups is 2. The number of imide groups is 1. The van der Waals surface area contributed by atoms with Gasteiger partial charge in [-0.1, -0.05) is 0 Å². The van der Waals surface area contributed by atoms with Crippen LogP contribution < -0.4 is 0 Å². The van der Waals surface area contributed by atoms with Crippen LogP contribution in [-0.2, 0) is 4.79 Å². The van der Waals surface area contributed by atoms with E-state index in [4.69, 9.17) is 11.6 Å². The molecule has 0 aliphatic heterocycles. The first kappa shape index (κ1) is 9.78. The molecule has 0 aliphatic rings. The molecule has 3 nitrogen and oxygen atoms in total. The molecule has 0 rings (SSSR count). The Kier molecular flexibility index (Phi) is 4.47. The van der Waals surface area contributed by atoms with Crippen LogP contribution in [0.3, 0.4) is 0 Å². The number of rotatable bonds is 2. The Labute approximate surface area is 68.7 Å². The molecule has 5 heteroatoms. The van der Waals surface area contributed by atoms with Crippen molar-refractivity contribution in [2.75, 3.05) is 19.1 Å². The second-order valence-electron chi connectivity index (χ2n) is 1.64. The summed E-state index contributed by atoms with van der Waals surface area (Å²) in [6, 6.07) is 0. The number of hydrogen-bond acceptors (Lipinski definition) is 3. The van der Waals surface area contributed by atoms with Gasteiger partial charge in [0.25, 0.3) is 0 Å². The van der Waals surface area contributed by atoms with Crippen molar-refractivity contribution in [1.29, 1.82) is 0 Å². The molecule has 0 fully saturated rings. The number of carbonyl (C=O) groups excluding carboxylic acids is 2. The van der Waals surface area contributed by atoms with Gasteiger partial charge in [-0.05, 0) is 17.9 Å². The molecule has 0 aromatic rings.